The highest BCUT2D eigenvalue weighted by atomic mass is 35.5. The number of aldehydes is 1. The van der Waals surface area contributed by atoms with Crippen LogP contribution in [0.4, 0.5) is 9.18 Å². The van der Waals surface area contributed by atoms with E-state index in [0.717, 1.165) is 6.07 Å². The molecule has 1 rings (SSSR count). The maximum atomic E-state index is 13.4. The van der Waals surface area contributed by atoms with E-state index in [2.05, 4.69) is 4.98 Å². The first kappa shape index (κ1) is 24.1. The molecule has 0 saturated carbocycles. The van der Waals surface area contributed by atoms with E-state index in [1.54, 1.807) is 11.8 Å². The highest BCUT2D eigenvalue weighted by molar-refractivity contribution is 6.29. The Labute approximate surface area is 170 Å². The Balaban J connectivity index is 2.76. The largest absolute Gasteiger partial charge is 0.474 e. The van der Waals surface area contributed by atoms with Gasteiger partial charge in [-0.2, -0.15) is 4.98 Å². The number of aromatic nitrogens is 1. The lowest BCUT2D eigenvalue weighted by molar-refractivity contribution is 0.0220. The minimum atomic E-state index is -0.788. The molecule has 158 valence electrons. The molecule has 1 unspecified atom stereocenters. The van der Waals surface area contributed by atoms with Gasteiger partial charge < -0.3 is 19.3 Å². The SMILES string of the molecule is CC(CCN(CCN(C)C)C(=O)OC(C)(C)C)Oc1nc(Cl)c(F)cc1C=O. The molecule has 1 amide bonds. The van der Waals surface area contributed by atoms with Crippen molar-refractivity contribution in [1.82, 2.24) is 14.8 Å². The highest BCUT2D eigenvalue weighted by Crippen LogP contribution is 2.22. The number of nitrogens with zero attached hydrogens (tertiary/aromatic N) is 3. The number of likely N-dealkylation sites (N-methyl/N-ethyl adjacent to an activating group) is 1. The molecule has 0 saturated heterocycles. The molecule has 0 aliphatic heterocycles. The smallest absolute Gasteiger partial charge is 0.410 e. The van der Waals surface area contributed by atoms with E-state index >= 15 is 0 Å². The van der Waals surface area contributed by atoms with Gasteiger partial charge in [-0.1, -0.05) is 11.6 Å². The third-order valence-electron chi connectivity index (χ3n) is 3.64. The monoisotopic (exact) mass is 417 g/mol. The van der Waals surface area contributed by atoms with Gasteiger partial charge in [0, 0.05) is 26.1 Å². The fraction of sp³-hybridized carbons (Fsp3) is 0.632. The van der Waals surface area contributed by atoms with E-state index in [9.17, 15) is 14.0 Å². The Morgan fingerprint density at radius 3 is 2.50 bits per heavy atom. The van der Waals surface area contributed by atoms with Crippen LogP contribution in [0.1, 0.15) is 44.5 Å². The van der Waals surface area contributed by atoms with Crippen molar-refractivity contribution in [1.29, 1.82) is 0 Å². The van der Waals surface area contributed by atoms with E-state index in [0.29, 0.717) is 32.3 Å². The number of carbonyl (C=O) groups excluding carboxylic acids is 2. The molecule has 7 nitrogen and oxygen atoms in total. The predicted octanol–water partition coefficient (Wildman–Crippen LogP) is 3.64. The topological polar surface area (TPSA) is 72.0 Å². The summed E-state index contributed by atoms with van der Waals surface area (Å²) >= 11 is 5.67. The minimum Gasteiger partial charge on any atom is -0.474 e. The fourth-order valence-corrected chi connectivity index (χ4v) is 2.30. The maximum Gasteiger partial charge on any atom is 0.410 e. The molecule has 1 aromatic heterocycles. The van der Waals surface area contributed by atoms with Gasteiger partial charge in [-0.25, -0.2) is 9.18 Å². The molecular weight excluding hydrogens is 389 g/mol. The van der Waals surface area contributed by atoms with E-state index < -0.39 is 23.6 Å². The molecule has 0 aromatic carbocycles. The number of amides is 1. The van der Waals surface area contributed by atoms with Gasteiger partial charge in [0.05, 0.1) is 11.7 Å². The molecule has 28 heavy (non-hydrogen) atoms. The first-order valence-corrected chi connectivity index (χ1v) is 9.41. The van der Waals surface area contributed by atoms with Crippen molar-refractivity contribution in [2.24, 2.45) is 0 Å². The van der Waals surface area contributed by atoms with Gasteiger partial charge in [0.15, 0.2) is 17.3 Å². The number of ether oxygens (including phenoxy) is 2. The lowest BCUT2D eigenvalue weighted by atomic mass is 10.2. The quantitative estimate of drug-likeness (QED) is 0.451. The summed E-state index contributed by atoms with van der Waals surface area (Å²) in [6.07, 6.45) is 0.121. The van der Waals surface area contributed by atoms with Crippen molar-refractivity contribution in [3.63, 3.8) is 0 Å². The Bertz CT molecular complexity index is 680. The van der Waals surface area contributed by atoms with Crippen LogP contribution in [0.25, 0.3) is 0 Å². The lowest BCUT2D eigenvalue weighted by Gasteiger charge is -2.29. The second kappa shape index (κ2) is 10.6. The molecule has 0 aliphatic carbocycles. The molecular formula is C19H29ClFN3O4. The summed E-state index contributed by atoms with van der Waals surface area (Å²) in [5, 5.41) is -0.367. The van der Waals surface area contributed by atoms with Crippen LogP contribution in [0.2, 0.25) is 5.15 Å². The average Bonchev–Trinajstić information content (AvgIpc) is 2.55. The second-order valence-corrected chi connectivity index (χ2v) is 8.12. The molecule has 0 bridgehead atoms. The van der Waals surface area contributed by atoms with Crippen LogP contribution in [0.5, 0.6) is 5.88 Å². The van der Waals surface area contributed by atoms with Crippen molar-refractivity contribution in [3.8, 4) is 5.88 Å². The fourth-order valence-electron chi connectivity index (χ4n) is 2.17. The van der Waals surface area contributed by atoms with E-state index in [4.69, 9.17) is 21.1 Å². The van der Waals surface area contributed by atoms with Gasteiger partial charge >= 0.3 is 6.09 Å². The zero-order valence-electron chi connectivity index (χ0n) is 17.3. The molecule has 1 atom stereocenters. The molecule has 0 N–H and O–H groups in total. The Kier molecular flexibility index (Phi) is 9.10. The summed E-state index contributed by atoms with van der Waals surface area (Å²) in [5.74, 6) is -0.824. The van der Waals surface area contributed by atoms with Crippen LogP contribution >= 0.6 is 11.6 Å². The first-order valence-electron chi connectivity index (χ1n) is 9.03. The average molecular weight is 418 g/mol. The van der Waals surface area contributed by atoms with E-state index in [1.165, 1.54) is 0 Å². The molecule has 0 radical (unpaired) electrons. The van der Waals surface area contributed by atoms with Crippen LogP contribution in [0.15, 0.2) is 6.07 Å². The van der Waals surface area contributed by atoms with Crippen molar-refractivity contribution in [3.05, 3.63) is 22.6 Å². The zero-order valence-corrected chi connectivity index (χ0v) is 18.0. The van der Waals surface area contributed by atoms with Crippen LogP contribution in [-0.4, -0.2) is 72.6 Å². The summed E-state index contributed by atoms with van der Waals surface area (Å²) in [6.45, 7) is 8.76. The minimum absolute atomic E-state index is 0.0228. The number of rotatable bonds is 9. The molecule has 1 heterocycles. The molecule has 0 aliphatic rings. The van der Waals surface area contributed by atoms with Crippen molar-refractivity contribution in [2.45, 2.75) is 45.8 Å². The van der Waals surface area contributed by atoms with Gasteiger partial charge in [-0.15, -0.1) is 0 Å². The summed E-state index contributed by atoms with van der Waals surface area (Å²) in [7, 11) is 3.84. The molecule has 1 aromatic rings. The zero-order chi connectivity index (χ0) is 21.5. The van der Waals surface area contributed by atoms with Gasteiger partial charge in [-0.05, 0) is 47.9 Å². The molecule has 0 spiro atoms. The standard InChI is InChI=1S/C19H29ClFN3O4/c1-13(27-17-14(12-25)11-15(21)16(20)22-17)7-8-24(10-9-23(5)6)18(26)28-19(2,3)4/h11-13H,7-10H2,1-6H3. The summed E-state index contributed by atoms with van der Waals surface area (Å²) in [5.41, 5.74) is -0.617. The highest BCUT2D eigenvalue weighted by Gasteiger charge is 2.23. The van der Waals surface area contributed by atoms with Gasteiger partial charge in [0.1, 0.15) is 5.60 Å². The number of pyridine rings is 1. The Morgan fingerprint density at radius 2 is 1.96 bits per heavy atom. The van der Waals surface area contributed by atoms with Crippen molar-refractivity contribution >= 4 is 24.0 Å². The number of halogens is 2. The maximum absolute atomic E-state index is 13.4. The van der Waals surface area contributed by atoms with Gasteiger partial charge in [0.25, 0.3) is 0 Å². The third-order valence-corrected chi connectivity index (χ3v) is 3.91. The van der Waals surface area contributed by atoms with Crippen LogP contribution in [0.3, 0.4) is 0 Å². The van der Waals surface area contributed by atoms with Gasteiger partial charge in [0.2, 0.25) is 5.88 Å². The van der Waals surface area contributed by atoms with Gasteiger partial charge in [-0.3, -0.25) is 4.79 Å². The van der Waals surface area contributed by atoms with Crippen LogP contribution in [-0.2, 0) is 4.74 Å². The third kappa shape index (κ3) is 8.39. The number of carbonyl (C=O) groups is 2. The lowest BCUT2D eigenvalue weighted by Crippen LogP contribution is -2.41. The molecule has 0 fully saturated rings. The molecule has 9 heteroatoms. The van der Waals surface area contributed by atoms with Crippen LogP contribution < -0.4 is 4.74 Å². The normalized spacial score (nSPS) is 12.6. The number of hydrogen-bond acceptors (Lipinski definition) is 6. The summed E-state index contributed by atoms with van der Waals surface area (Å²) in [6, 6.07) is 0.981. The van der Waals surface area contributed by atoms with E-state index in [1.807, 2.05) is 39.8 Å². The first-order chi connectivity index (χ1) is 12.9. The van der Waals surface area contributed by atoms with E-state index in [-0.39, 0.29) is 16.6 Å². The van der Waals surface area contributed by atoms with Crippen molar-refractivity contribution in [2.75, 3.05) is 33.7 Å². The Hall–Kier alpha value is -1.93. The predicted molar refractivity (Wildman–Crippen MR) is 106 cm³/mol. The summed E-state index contributed by atoms with van der Waals surface area (Å²) < 4.78 is 24.5. The second-order valence-electron chi connectivity index (χ2n) is 7.76. The Morgan fingerprint density at radius 1 is 1.32 bits per heavy atom. The number of hydrogen-bond donors (Lipinski definition) is 0. The summed E-state index contributed by atoms with van der Waals surface area (Å²) in [4.78, 5) is 30.9. The van der Waals surface area contributed by atoms with Crippen molar-refractivity contribution < 1.29 is 23.5 Å². The van der Waals surface area contributed by atoms with Crippen LogP contribution in [0, 0.1) is 5.82 Å².